The molecule has 0 aliphatic carbocycles. The number of hydrazone groups is 1. The summed E-state index contributed by atoms with van der Waals surface area (Å²) in [5.74, 6) is -2.70. The van der Waals surface area contributed by atoms with Crippen LogP contribution >= 0.6 is 15.9 Å². The zero-order valence-electron chi connectivity index (χ0n) is 13.6. The van der Waals surface area contributed by atoms with Gasteiger partial charge in [-0.15, -0.1) is 0 Å². The van der Waals surface area contributed by atoms with Crippen LogP contribution in [-0.4, -0.2) is 33.4 Å². The number of benzene rings is 2. The van der Waals surface area contributed by atoms with E-state index in [0.717, 1.165) is 16.6 Å². The number of carboxylic acid groups (broad SMARTS) is 1. The van der Waals surface area contributed by atoms with Gasteiger partial charge in [-0.05, 0) is 24.3 Å². The van der Waals surface area contributed by atoms with Gasteiger partial charge in [0.15, 0.2) is 11.5 Å². The largest absolute Gasteiger partial charge is 0.477 e. The number of nitrogens with zero attached hydrogens (tertiary/aromatic N) is 2. The van der Waals surface area contributed by atoms with E-state index < -0.39 is 34.7 Å². The molecule has 0 aromatic heterocycles. The first-order valence-electron chi connectivity index (χ1n) is 7.41. The van der Waals surface area contributed by atoms with Crippen LogP contribution in [-0.2, 0) is 4.79 Å². The van der Waals surface area contributed by atoms with Gasteiger partial charge in [-0.1, -0.05) is 28.1 Å². The minimum Gasteiger partial charge on any atom is -0.477 e. The van der Waals surface area contributed by atoms with Gasteiger partial charge in [0.25, 0.3) is 11.6 Å². The number of amides is 1. The van der Waals surface area contributed by atoms with Crippen molar-refractivity contribution in [3.8, 4) is 0 Å². The van der Waals surface area contributed by atoms with E-state index in [4.69, 9.17) is 0 Å². The lowest BCUT2D eigenvalue weighted by atomic mass is 10.1. The van der Waals surface area contributed by atoms with Crippen LogP contribution in [0, 0.1) is 10.1 Å². The van der Waals surface area contributed by atoms with Gasteiger partial charge in [0.2, 0.25) is 0 Å². The maximum absolute atomic E-state index is 12.2. The molecule has 0 spiro atoms. The Morgan fingerprint density at radius 1 is 1.04 bits per heavy atom. The van der Waals surface area contributed by atoms with Crippen molar-refractivity contribution in [3.05, 3.63) is 74.2 Å². The number of carbonyl (C=O) groups excluding carboxylic acids is 2. The predicted octanol–water partition coefficient (Wildman–Crippen LogP) is 2.80. The second-order valence-corrected chi connectivity index (χ2v) is 6.13. The topological polar surface area (TPSA) is 139 Å². The van der Waals surface area contributed by atoms with E-state index in [2.05, 4.69) is 21.0 Å². The van der Waals surface area contributed by atoms with Crippen LogP contribution in [0.1, 0.15) is 27.1 Å². The van der Waals surface area contributed by atoms with Crippen molar-refractivity contribution in [2.45, 2.75) is 6.42 Å². The molecule has 0 radical (unpaired) electrons. The molecule has 0 bridgehead atoms. The van der Waals surface area contributed by atoms with Crippen LogP contribution in [0.4, 0.5) is 5.69 Å². The van der Waals surface area contributed by atoms with Gasteiger partial charge in [0.1, 0.15) is 0 Å². The molecule has 0 aliphatic rings. The second kappa shape index (κ2) is 8.81. The number of nitro groups is 1. The molecule has 0 atom stereocenters. The summed E-state index contributed by atoms with van der Waals surface area (Å²) < 4.78 is 0.765. The minimum absolute atomic E-state index is 0.0494. The molecule has 2 aromatic rings. The molecule has 0 unspecified atom stereocenters. The molecule has 0 fully saturated rings. The molecule has 9 nitrogen and oxygen atoms in total. The summed E-state index contributed by atoms with van der Waals surface area (Å²) in [5, 5.41) is 23.3. The zero-order chi connectivity index (χ0) is 20.0. The number of carbonyl (C=O) groups is 3. The number of nitrogens with one attached hydrogen (secondary N) is 1. The highest BCUT2D eigenvalue weighted by Crippen LogP contribution is 2.13. The number of halogens is 1. The van der Waals surface area contributed by atoms with Crippen LogP contribution < -0.4 is 5.43 Å². The first-order valence-corrected chi connectivity index (χ1v) is 8.20. The van der Waals surface area contributed by atoms with Crippen molar-refractivity contribution in [2.75, 3.05) is 0 Å². The van der Waals surface area contributed by atoms with Crippen LogP contribution in [0.5, 0.6) is 0 Å². The van der Waals surface area contributed by atoms with Crippen molar-refractivity contribution >= 4 is 45.0 Å². The number of aliphatic carboxylic acids is 1. The van der Waals surface area contributed by atoms with Gasteiger partial charge in [-0.2, -0.15) is 5.10 Å². The fraction of sp³-hybridized carbons (Fsp3) is 0.0588. The third kappa shape index (κ3) is 5.54. The number of carboxylic acids is 1. The van der Waals surface area contributed by atoms with Gasteiger partial charge in [0, 0.05) is 27.7 Å². The number of ketones is 1. The van der Waals surface area contributed by atoms with Crippen molar-refractivity contribution < 1.29 is 24.4 Å². The molecule has 0 heterocycles. The lowest BCUT2D eigenvalue weighted by molar-refractivity contribution is -0.384. The summed E-state index contributed by atoms with van der Waals surface area (Å²) in [5.41, 5.74) is 1.65. The quantitative estimate of drug-likeness (QED) is 0.297. The number of hydrogen-bond donors (Lipinski definition) is 2. The summed E-state index contributed by atoms with van der Waals surface area (Å²) in [6.07, 6.45) is -0.516. The summed E-state index contributed by atoms with van der Waals surface area (Å²) in [4.78, 5) is 45.4. The van der Waals surface area contributed by atoms with E-state index >= 15 is 0 Å². The first kappa shape index (κ1) is 19.9. The molecule has 2 rings (SSSR count). The van der Waals surface area contributed by atoms with E-state index in [1.165, 1.54) is 24.3 Å². The third-order valence-corrected chi connectivity index (χ3v) is 3.90. The van der Waals surface area contributed by atoms with E-state index in [-0.39, 0.29) is 11.3 Å². The summed E-state index contributed by atoms with van der Waals surface area (Å²) in [6.45, 7) is 0. The highest BCUT2D eigenvalue weighted by molar-refractivity contribution is 9.10. The van der Waals surface area contributed by atoms with Crippen LogP contribution in [0.25, 0.3) is 0 Å². The Kier molecular flexibility index (Phi) is 6.50. The van der Waals surface area contributed by atoms with E-state index in [9.17, 15) is 29.6 Å². The average Bonchev–Trinajstić information content (AvgIpc) is 2.65. The van der Waals surface area contributed by atoms with Gasteiger partial charge < -0.3 is 5.11 Å². The minimum atomic E-state index is -1.45. The number of non-ortho nitro benzene ring substituents is 1. The molecule has 0 saturated heterocycles. The number of Topliss-reactive ketones (excluding diaryl/α,β-unsaturated/α-hetero) is 1. The number of rotatable bonds is 7. The predicted molar refractivity (Wildman–Crippen MR) is 98.7 cm³/mol. The molecule has 1 amide bonds. The molecule has 10 heteroatoms. The van der Waals surface area contributed by atoms with Crippen LogP contribution in [0.2, 0.25) is 0 Å². The Morgan fingerprint density at radius 3 is 2.11 bits per heavy atom. The fourth-order valence-corrected chi connectivity index (χ4v) is 2.23. The third-order valence-electron chi connectivity index (χ3n) is 3.37. The first-order chi connectivity index (χ1) is 12.8. The smallest absolute Gasteiger partial charge is 0.352 e. The second-order valence-electron chi connectivity index (χ2n) is 5.22. The Balaban J connectivity index is 2.09. The molecular weight excluding hydrogens is 422 g/mol. The Bertz CT molecular complexity index is 923. The zero-order valence-corrected chi connectivity index (χ0v) is 15.2. The summed E-state index contributed by atoms with van der Waals surface area (Å²) in [7, 11) is 0. The number of nitro benzene ring substituents is 1. The van der Waals surface area contributed by atoms with Crippen molar-refractivity contribution in [1.82, 2.24) is 5.43 Å². The van der Waals surface area contributed by atoms with Crippen molar-refractivity contribution in [2.24, 2.45) is 5.10 Å². The van der Waals surface area contributed by atoms with E-state index in [1.807, 2.05) is 5.43 Å². The number of hydrogen-bond acceptors (Lipinski definition) is 6. The average molecular weight is 434 g/mol. The van der Waals surface area contributed by atoms with Gasteiger partial charge in [-0.25, -0.2) is 10.2 Å². The SMILES string of the molecule is O=C(O)C(CC(=O)c1ccc(Br)cc1)=NNC(=O)c1ccc([N+](=O)[O-])cc1. The lowest BCUT2D eigenvalue weighted by Crippen LogP contribution is -2.25. The fourth-order valence-electron chi connectivity index (χ4n) is 1.97. The molecule has 2 aromatic carbocycles. The summed E-state index contributed by atoms with van der Waals surface area (Å²) in [6, 6.07) is 11.0. The highest BCUT2D eigenvalue weighted by Gasteiger charge is 2.17. The Labute approximate surface area is 161 Å². The van der Waals surface area contributed by atoms with Crippen molar-refractivity contribution in [3.63, 3.8) is 0 Å². The van der Waals surface area contributed by atoms with Gasteiger partial charge in [-0.3, -0.25) is 19.7 Å². The maximum Gasteiger partial charge on any atom is 0.352 e. The van der Waals surface area contributed by atoms with Gasteiger partial charge in [0.05, 0.1) is 11.3 Å². The Morgan fingerprint density at radius 2 is 1.59 bits per heavy atom. The lowest BCUT2D eigenvalue weighted by Gasteiger charge is -2.04. The normalized spacial score (nSPS) is 10.9. The molecule has 0 saturated carbocycles. The van der Waals surface area contributed by atoms with E-state index in [1.54, 1.807) is 12.1 Å². The monoisotopic (exact) mass is 433 g/mol. The Hall–Kier alpha value is -3.40. The van der Waals surface area contributed by atoms with Crippen LogP contribution in [0.3, 0.4) is 0 Å². The molecule has 0 aliphatic heterocycles. The highest BCUT2D eigenvalue weighted by atomic mass is 79.9. The standard InChI is InChI=1S/C17H12BrN3O6/c18-12-5-1-10(2-6-12)15(22)9-14(17(24)25)19-20-16(23)11-3-7-13(8-4-11)21(26)27/h1-8H,9H2,(H,20,23)(H,24,25). The van der Waals surface area contributed by atoms with Crippen LogP contribution in [0.15, 0.2) is 58.1 Å². The van der Waals surface area contributed by atoms with E-state index in [0.29, 0.717) is 5.56 Å². The van der Waals surface area contributed by atoms with Crippen molar-refractivity contribution in [1.29, 1.82) is 0 Å². The maximum atomic E-state index is 12.2. The summed E-state index contributed by atoms with van der Waals surface area (Å²) >= 11 is 3.23. The molecule has 138 valence electrons. The molecule has 2 N–H and O–H groups in total. The molecular formula is C17H12BrN3O6. The van der Waals surface area contributed by atoms with Gasteiger partial charge >= 0.3 is 5.97 Å². The molecule has 27 heavy (non-hydrogen) atoms.